The smallest absolute Gasteiger partial charge is 0.322 e. The Hall–Kier alpha value is 0.400. The van der Waals surface area contributed by atoms with Gasteiger partial charge in [0, 0.05) is 5.41 Å². The number of ether oxygens (including phenoxy) is 2. The summed E-state index contributed by atoms with van der Waals surface area (Å²) >= 11 is 4.58. The fraction of sp³-hybridized carbons (Fsp3) is 0.926. The number of hydrogen-bond acceptors (Lipinski definition) is 4. The van der Waals surface area contributed by atoms with Crippen molar-refractivity contribution in [3.8, 4) is 0 Å². The molecule has 2 atom stereocenters. The van der Waals surface area contributed by atoms with Crippen molar-refractivity contribution in [2.75, 3.05) is 0 Å². The molecule has 2 rings (SSSR count). The number of alkyl halides is 2. The first-order valence-corrected chi connectivity index (χ1v) is 15.3. The van der Waals surface area contributed by atoms with Crippen LogP contribution in [0.4, 0.5) is 0 Å². The van der Waals surface area contributed by atoms with Crippen LogP contribution in [0.2, 0.25) is 0 Å². The van der Waals surface area contributed by atoms with Gasteiger partial charge < -0.3 is 9.47 Å². The maximum Gasteiger partial charge on any atom is 0.322 e. The third kappa shape index (κ3) is 6.79. The van der Waals surface area contributed by atoms with Crippen LogP contribution in [0.25, 0.3) is 0 Å². The molecule has 0 aromatic carbocycles. The largest absolute Gasteiger partial charge is 0.458 e. The van der Waals surface area contributed by atoms with Crippen LogP contribution < -0.4 is 0 Å². The highest BCUT2D eigenvalue weighted by atomic mass is 127. The Morgan fingerprint density at radius 1 is 0.758 bits per heavy atom. The van der Waals surface area contributed by atoms with E-state index < -0.39 is 12.4 Å². The van der Waals surface area contributed by atoms with E-state index in [0.29, 0.717) is 0 Å². The molecule has 2 fully saturated rings. The molecule has 6 heteroatoms. The van der Waals surface area contributed by atoms with Crippen molar-refractivity contribution in [1.82, 2.24) is 0 Å². The zero-order chi connectivity index (χ0) is 25.0. The average molecular weight is 688 g/mol. The normalized spacial score (nSPS) is 23.9. The fourth-order valence-electron chi connectivity index (χ4n) is 5.46. The summed E-state index contributed by atoms with van der Waals surface area (Å²) in [5, 5.41) is 0. The molecular formula is C27H46I2O4. The highest BCUT2D eigenvalue weighted by molar-refractivity contribution is 14.1. The Kier molecular flexibility index (Phi) is 10.4. The predicted molar refractivity (Wildman–Crippen MR) is 152 cm³/mol. The molecule has 2 aliphatic carbocycles. The number of hydrogen-bond donors (Lipinski definition) is 0. The number of rotatable bonds is 11. The lowest BCUT2D eigenvalue weighted by atomic mass is 9.69. The molecule has 0 saturated heterocycles. The zero-order valence-corrected chi connectivity index (χ0v) is 26.1. The molecule has 0 bridgehead atoms. The van der Waals surface area contributed by atoms with Gasteiger partial charge in [0.05, 0.1) is 0 Å². The molecule has 192 valence electrons. The van der Waals surface area contributed by atoms with Gasteiger partial charge in [-0.25, -0.2) is 0 Å². The van der Waals surface area contributed by atoms with Crippen LogP contribution in [-0.4, -0.2) is 30.0 Å². The zero-order valence-electron chi connectivity index (χ0n) is 21.8. The Labute approximate surface area is 229 Å². The van der Waals surface area contributed by atoms with Gasteiger partial charge in [0.15, 0.2) is 0 Å². The average Bonchev–Trinajstić information content (AvgIpc) is 3.28. The van der Waals surface area contributed by atoms with E-state index in [1.54, 1.807) is 0 Å². The number of carbonyl (C=O) groups excluding carboxylic acids is 2. The molecule has 0 aromatic rings. The molecule has 4 nitrogen and oxygen atoms in total. The minimum absolute atomic E-state index is 0.0477. The third-order valence-corrected chi connectivity index (χ3v) is 11.8. The molecule has 33 heavy (non-hydrogen) atoms. The fourth-order valence-corrected chi connectivity index (χ4v) is 5.95. The second-order valence-corrected chi connectivity index (χ2v) is 15.8. The quantitative estimate of drug-likeness (QED) is 0.124. The lowest BCUT2D eigenvalue weighted by Gasteiger charge is -2.46. The van der Waals surface area contributed by atoms with Crippen LogP contribution in [-0.2, 0) is 19.1 Å². The Morgan fingerprint density at radius 3 is 1.79 bits per heavy atom. The van der Waals surface area contributed by atoms with Crippen LogP contribution >= 0.6 is 45.2 Å². The van der Waals surface area contributed by atoms with E-state index in [0.717, 1.165) is 83.5 Å². The van der Waals surface area contributed by atoms with Gasteiger partial charge in [-0.2, -0.15) is 0 Å². The van der Waals surface area contributed by atoms with Crippen LogP contribution in [0.15, 0.2) is 0 Å². The van der Waals surface area contributed by atoms with Crippen LogP contribution in [0.5, 0.6) is 0 Å². The van der Waals surface area contributed by atoms with Gasteiger partial charge in [0.1, 0.15) is 18.0 Å². The van der Waals surface area contributed by atoms with Crippen LogP contribution in [0, 0.1) is 5.41 Å². The molecular weight excluding hydrogens is 642 g/mol. The maximum atomic E-state index is 13.5. The molecule has 0 aromatic heterocycles. The highest BCUT2D eigenvalue weighted by Crippen LogP contribution is 2.51. The van der Waals surface area contributed by atoms with Crippen molar-refractivity contribution >= 4 is 57.1 Å². The topological polar surface area (TPSA) is 52.6 Å². The highest BCUT2D eigenvalue weighted by Gasteiger charge is 2.53. The van der Waals surface area contributed by atoms with Gasteiger partial charge >= 0.3 is 11.9 Å². The van der Waals surface area contributed by atoms with E-state index >= 15 is 0 Å². The Bertz CT molecular complexity index is 676. The summed E-state index contributed by atoms with van der Waals surface area (Å²) in [6, 6.07) is 0. The first-order chi connectivity index (χ1) is 15.3. The van der Waals surface area contributed by atoms with Crippen LogP contribution in [0.3, 0.4) is 0 Å². The van der Waals surface area contributed by atoms with Crippen molar-refractivity contribution in [3.63, 3.8) is 0 Å². The van der Waals surface area contributed by atoms with E-state index in [2.05, 4.69) is 72.9 Å². The molecule has 0 radical (unpaired) electrons. The first-order valence-electron chi connectivity index (χ1n) is 13.2. The second-order valence-electron chi connectivity index (χ2n) is 11.3. The SMILES string of the molecule is CCC1(OC(=O)C(I)(CC)CCC(C)(C)C2(OC(=O)C(C)(I)CC)CCCC2)CCCCC1. The summed E-state index contributed by atoms with van der Waals surface area (Å²) in [5.41, 5.74) is -0.933. The molecule has 0 N–H and O–H groups in total. The minimum Gasteiger partial charge on any atom is -0.458 e. The summed E-state index contributed by atoms with van der Waals surface area (Å²) in [6.45, 7) is 12.7. The lowest BCUT2D eigenvalue weighted by molar-refractivity contribution is -0.178. The van der Waals surface area contributed by atoms with Gasteiger partial charge in [0.2, 0.25) is 0 Å². The van der Waals surface area contributed by atoms with E-state index in [1.807, 2.05) is 13.8 Å². The van der Waals surface area contributed by atoms with Crippen molar-refractivity contribution < 1.29 is 19.1 Å². The minimum atomic E-state index is -0.542. The van der Waals surface area contributed by atoms with Gasteiger partial charge in [-0.05, 0) is 90.4 Å². The van der Waals surface area contributed by atoms with E-state index in [-0.39, 0.29) is 23.0 Å². The molecule has 2 aliphatic rings. The van der Waals surface area contributed by atoms with Crippen LogP contribution in [0.1, 0.15) is 131 Å². The number of carbonyl (C=O) groups is 2. The number of esters is 2. The maximum absolute atomic E-state index is 13.5. The van der Waals surface area contributed by atoms with Gasteiger partial charge in [-0.1, -0.05) is 86.2 Å². The molecule has 0 heterocycles. The lowest BCUT2D eigenvalue weighted by Crippen LogP contribution is -2.50. The van der Waals surface area contributed by atoms with Crippen molar-refractivity contribution in [2.24, 2.45) is 5.41 Å². The van der Waals surface area contributed by atoms with Gasteiger partial charge in [-0.15, -0.1) is 0 Å². The predicted octanol–water partition coefficient (Wildman–Crippen LogP) is 8.49. The summed E-state index contributed by atoms with van der Waals surface area (Å²) in [6.07, 6.45) is 13.5. The van der Waals surface area contributed by atoms with Crippen molar-refractivity contribution in [1.29, 1.82) is 0 Å². The first kappa shape index (κ1) is 29.6. The van der Waals surface area contributed by atoms with E-state index in [1.165, 1.54) is 6.42 Å². The summed E-state index contributed by atoms with van der Waals surface area (Å²) in [5.74, 6) is -0.146. The van der Waals surface area contributed by atoms with Gasteiger partial charge in [0.25, 0.3) is 0 Å². The van der Waals surface area contributed by atoms with E-state index in [4.69, 9.17) is 9.47 Å². The molecule has 0 spiro atoms. The summed E-state index contributed by atoms with van der Waals surface area (Å²) < 4.78 is 11.6. The number of halogens is 2. The Morgan fingerprint density at radius 2 is 1.30 bits per heavy atom. The summed E-state index contributed by atoms with van der Waals surface area (Å²) in [7, 11) is 0. The molecule has 2 unspecified atom stereocenters. The summed E-state index contributed by atoms with van der Waals surface area (Å²) in [4.78, 5) is 26.5. The van der Waals surface area contributed by atoms with Crippen molar-refractivity contribution in [2.45, 2.75) is 149 Å². The standard InChI is InChI=1S/C27H46I2O4/c1-7-24(6,28)21(30)33-27(17-13-14-18-27)23(4,5)19-20-26(29,9-3)22(31)32-25(8-2)15-11-10-12-16-25/h7-20H2,1-6H3. The Balaban J connectivity index is 2.15. The van der Waals surface area contributed by atoms with Gasteiger partial charge in [-0.3, -0.25) is 9.59 Å². The van der Waals surface area contributed by atoms with E-state index in [9.17, 15) is 9.59 Å². The molecule has 2 saturated carbocycles. The van der Waals surface area contributed by atoms with Crippen molar-refractivity contribution in [3.05, 3.63) is 0 Å². The monoisotopic (exact) mass is 688 g/mol. The third-order valence-electron chi connectivity index (χ3n) is 8.81. The molecule has 0 amide bonds. The molecule has 0 aliphatic heterocycles. The second kappa shape index (κ2) is 11.6.